The molecule has 0 saturated carbocycles. The zero-order valence-corrected chi connectivity index (χ0v) is 20.1. The van der Waals surface area contributed by atoms with E-state index in [1.54, 1.807) is 0 Å². The van der Waals surface area contributed by atoms with Crippen LogP contribution in [-0.2, 0) is 4.79 Å². The van der Waals surface area contributed by atoms with Crippen LogP contribution in [0, 0.1) is 20.8 Å². The first-order chi connectivity index (χ1) is 16.4. The van der Waals surface area contributed by atoms with Crippen molar-refractivity contribution in [3.63, 3.8) is 0 Å². The molecule has 1 saturated heterocycles. The minimum atomic E-state index is -0.344. The van der Waals surface area contributed by atoms with Crippen LogP contribution < -0.4 is 9.47 Å². The molecule has 2 aliphatic heterocycles. The van der Waals surface area contributed by atoms with Gasteiger partial charge in [0, 0.05) is 31.5 Å². The monoisotopic (exact) mass is 453 g/mol. The maximum atomic E-state index is 12.8. The molecule has 0 aliphatic carbocycles. The summed E-state index contributed by atoms with van der Waals surface area (Å²) in [6.07, 6.45) is 5.91. The number of ether oxygens (including phenoxy) is 2. The van der Waals surface area contributed by atoms with Gasteiger partial charge in [-0.05, 0) is 72.9 Å². The van der Waals surface area contributed by atoms with Crippen molar-refractivity contribution in [3.8, 4) is 22.6 Å². The smallest absolute Gasteiger partial charge is 0.260 e. The second-order valence-corrected chi connectivity index (χ2v) is 9.49. The van der Waals surface area contributed by atoms with Crippen LogP contribution in [0.4, 0.5) is 0 Å². The molecule has 1 amide bonds. The van der Waals surface area contributed by atoms with E-state index in [2.05, 4.69) is 67.6 Å². The maximum Gasteiger partial charge on any atom is 0.260 e. The minimum absolute atomic E-state index is 0.0288. The van der Waals surface area contributed by atoms with Crippen LogP contribution in [-0.4, -0.2) is 36.1 Å². The molecule has 1 fully saturated rings. The Morgan fingerprint density at radius 2 is 1.74 bits per heavy atom. The van der Waals surface area contributed by atoms with Gasteiger partial charge >= 0.3 is 0 Å². The molecule has 2 aliphatic rings. The fraction of sp³-hybridized carbons (Fsp3) is 0.300. The molecular weight excluding hydrogens is 422 g/mol. The number of hydrogen-bond acceptors (Lipinski definition) is 3. The van der Waals surface area contributed by atoms with Crippen LogP contribution in [0.3, 0.4) is 0 Å². The first-order valence-electron chi connectivity index (χ1n) is 12.0. The number of aryl methyl sites for hydroxylation is 2. The number of piperidine rings is 1. The Kier molecular flexibility index (Phi) is 5.91. The summed E-state index contributed by atoms with van der Waals surface area (Å²) in [5.41, 5.74) is 6.55. The van der Waals surface area contributed by atoms with E-state index < -0.39 is 0 Å². The zero-order valence-electron chi connectivity index (χ0n) is 20.1. The summed E-state index contributed by atoms with van der Waals surface area (Å²) in [5, 5.41) is 0. The Labute approximate surface area is 201 Å². The molecule has 4 heteroatoms. The number of fused-ring (bicyclic) bond motifs is 1. The highest BCUT2D eigenvalue weighted by atomic mass is 16.5. The molecule has 4 nitrogen and oxygen atoms in total. The summed E-state index contributed by atoms with van der Waals surface area (Å²) in [6, 6.07) is 20.9. The lowest BCUT2D eigenvalue weighted by molar-refractivity contribution is -0.136. The van der Waals surface area contributed by atoms with Crippen molar-refractivity contribution in [1.82, 2.24) is 4.90 Å². The lowest BCUT2D eigenvalue weighted by Gasteiger charge is -2.42. The summed E-state index contributed by atoms with van der Waals surface area (Å²) >= 11 is 0. The Balaban J connectivity index is 1.20. The molecule has 34 heavy (non-hydrogen) atoms. The summed E-state index contributed by atoms with van der Waals surface area (Å²) < 4.78 is 12.4. The highest BCUT2D eigenvalue weighted by molar-refractivity contribution is 5.78. The van der Waals surface area contributed by atoms with Gasteiger partial charge in [0.1, 0.15) is 17.1 Å². The van der Waals surface area contributed by atoms with E-state index in [1.807, 2.05) is 30.9 Å². The predicted molar refractivity (Wildman–Crippen MR) is 136 cm³/mol. The summed E-state index contributed by atoms with van der Waals surface area (Å²) in [5.74, 6) is 1.74. The van der Waals surface area contributed by atoms with Crippen LogP contribution in [0.25, 0.3) is 17.2 Å². The van der Waals surface area contributed by atoms with Gasteiger partial charge in [0.2, 0.25) is 0 Å². The molecule has 1 spiro atoms. The van der Waals surface area contributed by atoms with Gasteiger partial charge in [0.05, 0.1) is 0 Å². The van der Waals surface area contributed by atoms with E-state index in [1.165, 1.54) is 16.7 Å². The number of benzene rings is 3. The van der Waals surface area contributed by atoms with Gasteiger partial charge in [-0.2, -0.15) is 0 Å². The van der Waals surface area contributed by atoms with Crippen LogP contribution in [0.15, 0.2) is 66.7 Å². The Hall–Kier alpha value is -3.53. The molecule has 0 radical (unpaired) electrons. The highest BCUT2D eigenvalue weighted by Gasteiger charge is 2.38. The molecule has 0 unspecified atom stereocenters. The van der Waals surface area contributed by atoms with Crippen molar-refractivity contribution in [2.24, 2.45) is 0 Å². The lowest BCUT2D eigenvalue weighted by atomic mass is 9.87. The average Bonchev–Trinajstić information content (AvgIpc) is 2.86. The molecule has 0 N–H and O–H groups in total. The zero-order chi connectivity index (χ0) is 23.7. The summed E-state index contributed by atoms with van der Waals surface area (Å²) in [6.45, 7) is 7.54. The lowest BCUT2D eigenvalue weighted by Crippen LogP contribution is -2.50. The maximum absolute atomic E-state index is 12.8. The van der Waals surface area contributed by atoms with Gasteiger partial charge in [-0.15, -0.1) is 0 Å². The van der Waals surface area contributed by atoms with Crippen LogP contribution in [0.1, 0.15) is 35.1 Å². The molecule has 2 heterocycles. The molecule has 174 valence electrons. The SMILES string of the molecule is Cc1cc(C)c(C)c(OCC(=O)N2CCC3(C=Cc4cc(-c5ccccc5)ccc4O3)CC2)c1. The minimum Gasteiger partial charge on any atom is -0.483 e. The van der Waals surface area contributed by atoms with E-state index in [-0.39, 0.29) is 18.1 Å². The van der Waals surface area contributed by atoms with Crippen LogP contribution in [0.5, 0.6) is 11.5 Å². The van der Waals surface area contributed by atoms with Crippen LogP contribution in [0.2, 0.25) is 0 Å². The Morgan fingerprint density at radius 1 is 0.971 bits per heavy atom. The second kappa shape index (κ2) is 9.02. The molecular formula is C30H31NO3. The van der Waals surface area contributed by atoms with Crippen molar-refractivity contribution in [2.45, 2.75) is 39.2 Å². The van der Waals surface area contributed by atoms with E-state index in [4.69, 9.17) is 9.47 Å². The van der Waals surface area contributed by atoms with E-state index in [0.717, 1.165) is 41.0 Å². The van der Waals surface area contributed by atoms with Crippen molar-refractivity contribution < 1.29 is 14.3 Å². The van der Waals surface area contributed by atoms with Gasteiger partial charge in [0.25, 0.3) is 5.91 Å². The highest BCUT2D eigenvalue weighted by Crippen LogP contribution is 2.38. The third kappa shape index (κ3) is 4.45. The number of amides is 1. The molecule has 3 aromatic rings. The number of carbonyl (C=O) groups is 1. The van der Waals surface area contributed by atoms with Gasteiger partial charge in [-0.1, -0.05) is 48.5 Å². The van der Waals surface area contributed by atoms with Gasteiger partial charge in [0.15, 0.2) is 6.61 Å². The number of hydrogen-bond donors (Lipinski definition) is 0. The van der Waals surface area contributed by atoms with E-state index >= 15 is 0 Å². The Morgan fingerprint density at radius 3 is 2.50 bits per heavy atom. The average molecular weight is 454 g/mol. The fourth-order valence-corrected chi connectivity index (χ4v) is 4.86. The van der Waals surface area contributed by atoms with Gasteiger partial charge < -0.3 is 14.4 Å². The molecule has 0 bridgehead atoms. The van der Waals surface area contributed by atoms with E-state index in [9.17, 15) is 4.79 Å². The molecule has 0 atom stereocenters. The second-order valence-electron chi connectivity index (χ2n) is 9.49. The topological polar surface area (TPSA) is 38.8 Å². The summed E-state index contributed by atoms with van der Waals surface area (Å²) in [4.78, 5) is 14.7. The van der Waals surface area contributed by atoms with Crippen molar-refractivity contribution in [1.29, 1.82) is 0 Å². The quantitative estimate of drug-likeness (QED) is 0.477. The first kappa shape index (κ1) is 22.3. The number of carbonyl (C=O) groups excluding carboxylic acids is 1. The van der Waals surface area contributed by atoms with Crippen molar-refractivity contribution >= 4 is 12.0 Å². The molecule has 3 aromatic carbocycles. The van der Waals surface area contributed by atoms with Gasteiger partial charge in [-0.25, -0.2) is 0 Å². The number of rotatable bonds is 4. The third-order valence-electron chi connectivity index (χ3n) is 7.07. The van der Waals surface area contributed by atoms with Crippen molar-refractivity contribution in [3.05, 3.63) is 89.0 Å². The number of nitrogens with zero attached hydrogens (tertiary/aromatic N) is 1. The predicted octanol–water partition coefficient (Wildman–Crippen LogP) is 6.12. The number of likely N-dealkylation sites (tertiary alicyclic amines) is 1. The fourth-order valence-electron chi connectivity index (χ4n) is 4.86. The standard InChI is InChI=1S/C30H31NO3/c1-21-17-22(2)23(3)28(18-21)33-20-29(32)31-15-13-30(14-16-31)12-11-26-19-25(9-10-27(26)34-30)24-7-5-4-6-8-24/h4-12,17-19H,13-16,20H2,1-3H3. The first-order valence-corrected chi connectivity index (χ1v) is 12.0. The summed E-state index contributed by atoms with van der Waals surface area (Å²) in [7, 11) is 0. The normalized spacial score (nSPS) is 16.1. The van der Waals surface area contributed by atoms with Gasteiger partial charge in [-0.3, -0.25) is 4.79 Å². The Bertz CT molecular complexity index is 1240. The van der Waals surface area contributed by atoms with Crippen molar-refractivity contribution in [2.75, 3.05) is 19.7 Å². The van der Waals surface area contributed by atoms with Crippen LogP contribution >= 0.6 is 0 Å². The third-order valence-corrected chi connectivity index (χ3v) is 7.07. The molecule has 0 aromatic heterocycles. The van der Waals surface area contributed by atoms with E-state index in [0.29, 0.717) is 13.1 Å². The largest absolute Gasteiger partial charge is 0.483 e. The molecule has 5 rings (SSSR count).